The first-order valence-corrected chi connectivity index (χ1v) is 6.73. The number of carbonyl (C=O) groups is 1. The summed E-state index contributed by atoms with van der Waals surface area (Å²) in [6.45, 7) is 5.78. The summed E-state index contributed by atoms with van der Waals surface area (Å²) in [6.07, 6.45) is 1.09. The van der Waals surface area contributed by atoms with Crippen LogP contribution in [0.4, 0.5) is 0 Å². The van der Waals surface area contributed by atoms with E-state index in [1.54, 1.807) is 12.1 Å². The van der Waals surface area contributed by atoms with Crippen LogP contribution in [0.15, 0.2) is 24.3 Å². The largest absolute Gasteiger partial charge is 0.478 e. The Labute approximate surface area is 115 Å². The van der Waals surface area contributed by atoms with Crippen molar-refractivity contribution in [2.75, 3.05) is 33.7 Å². The Balaban J connectivity index is 2.62. The van der Waals surface area contributed by atoms with Gasteiger partial charge in [-0.1, -0.05) is 25.1 Å². The van der Waals surface area contributed by atoms with Gasteiger partial charge in [-0.05, 0) is 51.8 Å². The number of hydrogen-bond donors (Lipinski definition) is 1. The highest BCUT2D eigenvalue weighted by Crippen LogP contribution is 2.12. The Morgan fingerprint density at radius 1 is 1.21 bits per heavy atom. The molecule has 19 heavy (non-hydrogen) atoms. The molecule has 1 rings (SSSR count). The van der Waals surface area contributed by atoms with Crippen molar-refractivity contribution in [2.24, 2.45) is 0 Å². The molecular weight excluding hydrogens is 240 g/mol. The minimum Gasteiger partial charge on any atom is -0.478 e. The maximum atomic E-state index is 11.2. The van der Waals surface area contributed by atoms with Crippen molar-refractivity contribution in [1.82, 2.24) is 9.80 Å². The highest BCUT2D eigenvalue weighted by molar-refractivity contribution is 5.89. The van der Waals surface area contributed by atoms with Crippen LogP contribution in [0.5, 0.6) is 0 Å². The smallest absolute Gasteiger partial charge is 0.336 e. The third kappa shape index (κ3) is 5.41. The molecule has 0 aliphatic carbocycles. The van der Waals surface area contributed by atoms with Gasteiger partial charge in [-0.15, -0.1) is 0 Å². The number of carboxylic acid groups (broad SMARTS) is 1. The quantitative estimate of drug-likeness (QED) is 0.781. The zero-order valence-corrected chi connectivity index (χ0v) is 12.1. The van der Waals surface area contributed by atoms with E-state index in [4.69, 9.17) is 0 Å². The molecule has 1 N–H and O–H groups in total. The van der Waals surface area contributed by atoms with Gasteiger partial charge in [0.15, 0.2) is 0 Å². The van der Waals surface area contributed by atoms with Crippen molar-refractivity contribution in [3.8, 4) is 0 Å². The fourth-order valence-corrected chi connectivity index (χ4v) is 2.07. The number of rotatable bonds is 8. The molecule has 4 heteroatoms. The van der Waals surface area contributed by atoms with E-state index in [-0.39, 0.29) is 0 Å². The fourth-order valence-electron chi connectivity index (χ4n) is 2.07. The SMILES string of the molecule is CCN(CCCN(C)C)Cc1ccccc1C(=O)O. The highest BCUT2D eigenvalue weighted by Gasteiger charge is 2.11. The molecule has 0 aliphatic rings. The Morgan fingerprint density at radius 3 is 2.47 bits per heavy atom. The summed E-state index contributed by atoms with van der Waals surface area (Å²) < 4.78 is 0. The van der Waals surface area contributed by atoms with Crippen LogP contribution in [0.25, 0.3) is 0 Å². The molecular formula is C15H24N2O2. The van der Waals surface area contributed by atoms with Crippen molar-refractivity contribution in [3.05, 3.63) is 35.4 Å². The molecule has 0 fully saturated rings. The average molecular weight is 264 g/mol. The predicted molar refractivity (Wildman–Crippen MR) is 77.5 cm³/mol. The first-order valence-electron chi connectivity index (χ1n) is 6.73. The molecule has 106 valence electrons. The second kappa shape index (κ2) is 7.92. The van der Waals surface area contributed by atoms with Gasteiger partial charge >= 0.3 is 5.97 Å². The molecule has 1 aromatic carbocycles. The van der Waals surface area contributed by atoms with E-state index in [0.717, 1.165) is 31.6 Å². The van der Waals surface area contributed by atoms with E-state index in [9.17, 15) is 9.90 Å². The van der Waals surface area contributed by atoms with Crippen LogP contribution in [0.1, 0.15) is 29.3 Å². The molecule has 0 heterocycles. The highest BCUT2D eigenvalue weighted by atomic mass is 16.4. The minimum absolute atomic E-state index is 0.411. The summed E-state index contributed by atoms with van der Waals surface area (Å²) in [5.41, 5.74) is 1.30. The van der Waals surface area contributed by atoms with E-state index < -0.39 is 5.97 Å². The maximum Gasteiger partial charge on any atom is 0.336 e. The van der Waals surface area contributed by atoms with Gasteiger partial charge in [0.1, 0.15) is 0 Å². The van der Waals surface area contributed by atoms with Crippen LogP contribution in [-0.2, 0) is 6.54 Å². The third-order valence-electron chi connectivity index (χ3n) is 3.17. The lowest BCUT2D eigenvalue weighted by molar-refractivity contribution is 0.0694. The molecule has 0 aliphatic heterocycles. The topological polar surface area (TPSA) is 43.8 Å². The monoisotopic (exact) mass is 264 g/mol. The van der Waals surface area contributed by atoms with Crippen LogP contribution >= 0.6 is 0 Å². The van der Waals surface area contributed by atoms with Crippen molar-refractivity contribution < 1.29 is 9.90 Å². The van der Waals surface area contributed by atoms with E-state index >= 15 is 0 Å². The molecule has 0 unspecified atom stereocenters. The molecule has 0 bridgehead atoms. The number of aromatic carboxylic acids is 1. The molecule has 0 spiro atoms. The second-order valence-corrected chi connectivity index (χ2v) is 4.99. The Kier molecular flexibility index (Phi) is 6.53. The van der Waals surface area contributed by atoms with Gasteiger partial charge in [-0.3, -0.25) is 4.90 Å². The van der Waals surface area contributed by atoms with E-state index in [0.29, 0.717) is 12.1 Å². The second-order valence-electron chi connectivity index (χ2n) is 4.99. The molecule has 0 aromatic heterocycles. The van der Waals surface area contributed by atoms with E-state index in [1.807, 2.05) is 12.1 Å². The lowest BCUT2D eigenvalue weighted by Gasteiger charge is -2.22. The summed E-state index contributed by atoms with van der Waals surface area (Å²) in [5, 5.41) is 9.17. The Hall–Kier alpha value is -1.39. The number of nitrogens with zero attached hydrogens (tertiary/aromatic N) is 2. The zero-order chi connectivity index (χ0) is 14.3. The zero-order valence-electron chi connectivity index (χ0n) is 12.1. The molecule has 0 amide bonds. The lowest BCUT2D eigenvalue weighted by atomic mass is 10.1. The van der Waals surface area contributed by atoms with Crippen LogP contribution in [0, 0.1) is 0 Å². The van der Waals surface area contributed by atoms with Crippen molar-refractivity contribution in [2.45, 2.75) is 19.9 Å². The Morgan fingerprint density at radius 2 is 1.89 bits per heavy atom. The summed E-state index contributed by atoms with van der Waals surface area (Å²) in [5.74, 6) is -0.847. The summed E-state index contributed by atoms with van der Waals surface area (Å²) in [4.78, 5) is 15.6. The average Bonchev–Trinajstić information content (AvgIpc) is 2.37. The molecule has 1 aromatic rings. The summed E-state index contributed by atoms with van der Waals surface area (Å²) >= 11 is 0. The number of benzene rings is 1. The maximum absolute atomic E-state index is 11.2. The minimum atomic E-state index is -0.847. The fraction of sp³-hybridized carbons (Fsp3) is 0.533. The van der Waals surface area contributed by atoms with Gasteiger partial charge < -0.3 is 10.0 Å². The molecule has 0 saturated carbocycles. The summed E-state index contributed by atoms with van der Waals surface area (Å²) in [7, 11) is 4.13. The van der Waals surface area contributed by atoms with Crippen molar-refractivity contribution >= 4 is 5.97 Å². The lowest BCUT2D eigenvalue weighted by Crippen LogP contribution is -2.27. The van der Waals surface area contributed by atoms with Gasteiger partial charge in [-0.2, -0.15) is 0 Å². The standard InChI is InChI=1S/C15H24N2O2/c1-4-17(11-7-10-16(2)3)12-13-8-5-6-9-14(13)15(18)19/h5-6,8-9H,4,7,10-12H2,1-3H3,(H,18,19). The van der Waals surface area contributed by atoms with Gasteiger partial charge in [-0.25, -0.2) is 4.79 Å². The molecule has 0 radical (unpaired) electrons. The number of hydrogen-bond acceptors (Lipinski definition) is 3. The Bertz CT molecular complexity index is 405. The first-order chi connectivity index (χ1) is 9.04. The number of carboxylic acids is 1. The third-order valence-corrected chi connectivity index (χ3v) is 3.17. The van der Waals surface area contributed by atoms with Gasteiger partial charge in [0.05, 0.1) is 5.56 Å². The summed E-state index contributed by atoms with van der Waals surface area (Å²) in [6, 6.07) is 7.24. The van der Waals surface area contributed by atoms with Crippen LogP contribution in [-0.4, -0.2) is 54.6 Å². The van der Waals surface area contributed by atoms with Crippen molar-refractivity contribution in [1.29, 1.82) is 0 Å². The molecule has 0 saturated heterocycles. The van der Waals surface area contributed by atoms with Crippen LogP contribution < -0.4 is 0 Å². The predicted octanol–water partition coefficient (Wildman–Crippen LogP) is 2.16. The first kappa shape index (κ1) is 15.7. The van der Waals surface area contributed by atoms with E-state index in [1.165, 1.54) is 0 Å². The van der Waals surface area contributed by atoms with E-state index in [2.05, 4.69) is 30.8 Å². The van der Waals surface area contributed by atoms with Crippen LogP contribution in [0.3, 0.4) is 0 Å². The van der Waals surface area contributed by atoms with Crippen molar-refractivity contribution in [3.63, 3.8) is 0 Å². The molecule has 4 nitrogen and oxygen atoms in total. The van der Waals surface area contributed by atoms with Crippen LogP contribution in [0.2, 0.25) is 0 Å². The van der Waals surface area contributed by atoms with Gasteiger partial charge in [0.25, 0.3) is 0 Å². The molecule has 0 atom stereocenters. The van der Waals surface area contributed by atoms with Gasteiger partial charge in [0.2, 0.25) is 0 Å². The normalized spacial score (nSPS) is 11.2. The van der Waals surface area contributed by atoms with Gasteiger partial charge in [0, 0.05) is 6.54 Å².